The molecule has 1 atom stereocenters. The normalized spacial score (nSPS) is 23.0. The van der Waals surface area contributed by atoms with E-state index in [1.54, 1.807) is 20.8 Å². The highest BCUT2D eigenvalue weighted by atomic mass is 79.9. The fourth-order valence-corrected chi connectivity index (χ4v) is 4.07. The molecule has 3 rings (SSSR count). The predicted octanol–water partition coefficient (Wildman–Crippen LogP) is 3.66. The third-order valence-corrected chi connectivity index (χ3v) is 7.01. The predicted molar refractivity (Wildman–Crippen MR) is 85.9 cm³/mol. The lowest BCUT2D eigenvalue weighted by molar-refractivity contribution is 0.131. The molecule has 1 saturated carbocycles. The van der Waals surface area contributed by atoms with E-state index < -0.39 is 26.6 Å². The lowest BCUT2D eigenvalue weighted by Crippen LogP contribution is -2.44. The van der Waals surface area contributed by atoms with Gasteiger partial charge in [0.1, 0.15) is 17.2 Å². The minimum atomic E-state index is -3.53. The highest BCUT2D eigenvalue weighted by molar-refractivity contribution is 9.10. The molecule has 2 aliphatic rings. The van der Waals surface area contributed by atoms with Crippen LogP contribution >= 0.6 is 15.9 Å². The van der Waals surface area contributed by atoms with Crippen LogP contribution < -0.4 is 9.46 Å². The molecule has 122 valence electrons. The molecule has 1 aromatic rings. The van der Waals surface area contributed by atoms with Gasteiger partial charge < -0.3 is 4.74 Å². The zero-order valence-corrected chi connectivity index (χ0v) is 15.1. The van der Waals surface area contributed by atoms with Crippen LogP contribution in [0.5, 0.6) is 5.75 Å². The van der Waals surface area contributed by atoms with Gasteiger partial charge in [0.15, 0.2) is 0 Å². The smallest absolute Gasteiger partial charge is 0.217 e. The van der Waals surface area contributed by atoms with Crippen molar-refractivity contribution < 1.29 is 17.5 Å². The van der Waals surface area contributed by atoms with E-state index >= 15 is 0 Å². The summed E-state index contributed by atoms with van der Waals surface area (Å²) in [6.07, 6.45) is 2.32. The Morgan fingerprint density at radius 2 is 2.00 bits per heavy atom. The van der Waals surface area contributed by atoms with E-state index in [-0.39, 0.29) is 5.60 Å². The maximum Gasteiger partial charge on any atom is 0.217 e. The molecule has 1 heterocycles. The summed E-state index contributed by atoms with van der Waals surface area (Å²) in [5, 5.41) is 0. The molecule has 1 aromatic carbocycles. The van der Waals surface area contributed by atoms with Gasteiger partial charge in [-0.25, -0.2) is 17.5 Å². The first-order valence-corrected chi connectivity index (χ1v) is 9.50. The minimum Gasteiger partial charge on any atom is -0.486 e. The molecule has 0 bridgehead atoms. The first-order valence-electron chi connectivity index (χ1n) is 7.23. The minimum absolute atomic E-state index is 0.307. The third kappa shape index (κ3) is 2.78. The van der Waals surface area contributed by atoms with Crippen LogP contribution in [0, 0.1) is 5.82 Å². The molecule has 1 aliphatic carbocycles. The van der Waals surface area contributed by atoms with Gasteiger partial charge in [-0.15, -0.1) is 0 Å². The molecule has 1 N–H and O–H groups in total. The Bertz CT molecular complexity index is 723. The number of ether oxygens (including phenoxy) is 1. The van der Waals surface area contributed by atoms with E-state index in [9.17, 15) is 12.8 Å². The molecule has 0 saturated heterocycles. The maximum atomic E-state index is 13.7. The molecular formula is C15H19BrFNO3S. The second-order valence-electron chi connectivity index (χ2n) is 7.08. The Labute approximate surface area is 138 Å². The van der Waals surface area contributed by atoms with Crippen molar-refractivity contribution in [2.45, 2.75) is 56.4 Å². The fraction of sp³-hybridized carbons (Fsp3) is 0.600. The van der Waals surface area contributed by atoms with E-state index in [0.29, 0.717) is 22.2 Å². The summed E-state index contributed by atoms with van der Waals surface area (Å²) in [4.78, 5) is 0. The van der Waals surface area contributed by atoms with Crippen molar-refractivity contribution >= 4 is 26.0 Å². The number of sulfonamides is 1. The van der Waals surface area contributed by atoms with E-state index in [1.165, 1.54) is 12.1 Å². The Morgan fingerprint density at radius 3 is 2.55 bits per heavy atom. The number of nitrogens with one attached hydrogen (secondary N) is 1. The van der Waals surface area contributed by atoms with Crippen molar-refractivity contribution in [3.63, 3.8) is 0 Å². The van der Waals surface area contributed by atoms with Crippen molar-refractivity contribution in [3.05, 3.63) is 28.0 Å². The van der Waals surface area contributed by atoms with Crippen LogP contribution in [0.1, 0.15) is 51.6 Å². The fourth-order valence-electron chi connectivity index (χ4n) is 2.60. The molecule has 1 unspecified atom stereocenters. The highest BCUT2D eigenvalue weighted by Gasteiger charge is 2.52. The van der Waals surface area contributed by atoms with E-state index in [1.807, 2.05) is 0 Å². The van der Waals surface area contributed by atoms with Crippen LogP contribution in [-0.4, -0.2) is 18.8 Å². The Kier molecular flexibility index (Phi) is 3.62. The molecular weight excluding hydrogens is 373 g/mol. The van der Waals surface area contributed by atoms with Gasteiger partial charge in [-0.05, 0) is 61.7 Å². The van der Waals surface area contributed by atoms with Crippen LogP contribution in [0.3, 0.4) is 0 Å². The first-order chi connectivity index (χ1) is 10.0. The average Bonchev–Trinajstić information content (AvgIpc) is 3.08. The summed E-state index contributed by atoms with van der Waals surface area (Å²) in [5.74, 6) is 0.132. The molecule has 1 spiro atoms. The zero-order chi connectivity index (χ0) is 16.3. The molecule has 0 amide bonds. The Balaban J connectivity index is 2.03. The molecule has 22 heavy (non-hydrogen) atoms. The van der Waals surface area contributed by atoms with Gasteiger partial charge in [-0.2, -0.15) is 0 Å². The zero-order valence-electron chi connectivity index (χ0n) is 12.7. The lowest BCUT2D eigenvalue weighted by atomic mass is 9.96. The number of benzene rings is 1. The topological polar surface area (TPSA) is 55.4 Å². The van der Waals surface area contributed by atoms with E-state index in [2.05, 4.69) is 20.7 Å². The van der Waals surface area contributed by atoms with Gasteiger partial charge in [-0.3, -0.25) is 0 Å². The van der Waals surface area contributed by atoms with Crippen LogP contribution in [0.4, 0.5) is 4.39 Å². The summed E-state index contributed by atoms with van der Waals surface area (Å²) in [6, 6.07) is 2.23. The summed E-state index contributed by atoms with van der Waals surface area (Å²) in [5.41, 5.74) is 0.246. The maximum absolute atomic E-state index is 13.7. The number of hydrogen-bond acceptors (Lipinski definition) is 3. The van der Waals surface area contributed by atoms with Crippen molar-refractivity contribution in [2.24, 2.45) is 0 Å². The van der Waals surface area contributed by atoms with Crippen LogP contribution in [0.15, 0.2) is 16.6 Å². The second kappa shape index (κ2) is 4.92. The molecule has 0 aromatic heterocycles. The molecule has 7 heteroatoms. The van der Waals surface area contributed by atoms with Gasteiger partial charge in [0, 0.05) is 12.0 Å². The van der Waals surface area contributed by atoms with E-state index in [0.717, 1.165) is 12.8 Å². The SMILES string of the molecule is CC(C)(C)S(=O)(=O)NC1CC2(CC2)Oc2c(Br)cc(F)cc21. The molecule has 1 aliphatic heterocycles. The summed E-state index contributed by atoms with van der Waals surface area (Å²) < 4.78 is 47.0. The highest BCUT2D eigenvalue weighted by Crippen LogP contribution is 2.54. The van der Waals surface area contributed by atoms with E-state index in [4.69, 9.17) is 4.74 Å². The Hall–Kier alpha value is -0.660. The lowest BCUT2D eigenvalue weighted by Gasteiger charge is -2.35. The van der Waals surface area contributed by atoms with Crippen LogP contribution in [0.25, 0.3) is 0 Å². The summed E-state index contributed by atoms with van der Waals surface area (Å²) >= 11 is 3.32. The largest absolute Gasteiger partial charge is 0.486 e. The summed E-state index contributed by atoms with van der Waals surface area (Å²) in [7, 11) is -3.53. The first kappa shape index (κ1) is 16.2. The van der Waals surface area contributed by atoms with Crippen molar-refractivity contribution in [1.29, 1.82) is 0 Å². The van der Waals surface area contributed by atoms with Gasteiger partial charge in [-0.1, -0.05) is 0 Å². The standard InChI is InChI=1S/C15H19BrFNO3S/c1-14(2,3)22(19,20)18-12-8-15(4-5-15)21-13-10(12)6-9(17)7-11(13)16/h6-7,12,18H,4-5,8H2,1-3H3. The molecule has 4 nitrogen and oxygen atoms in total. The van der Waals surface area contributed by atoms with Crippen LogP contribution in [-0.2, 0) is 10.0 Å². The summed E-state index contributed by atoms with van der Waals surface area (Å²) in [6.45, 7) is 4.93. The number of halogens is 2. The molecule has 1 fully saturated rings. The Morgan fingerprint density at radius 1 is 1.36 bits per heavy atom. The van der Waals surface area contributed by atoms with Crippen molar-refractivity contribution in [2.75, 3.05) is 0 Å². The van der Waals surface area contributed by atoms with Gasteiger partial charge in [0.2, 0.25) is 10.0 Å². The average molecular weight is 392 g/mol. The third-order valence-electron chi connectivity index (χ3n) is 4.22. The second-order valence-corrected chi connectivity index (χ2v) is 10.4. The number of fused-ring (bicyclic) bond motifs is 1. The monoisotopic (exact) mass is 391 g/mol. The molecule has 0 radical (unpaired) electrons. The number of hydrogen-bond donors (Lipinski definition) is 1. The van der Waals surface area contributed by atoms with Crippen molar-refractivity contribution in [1.82, 2.24) is 4.72 Å². The van der Waals surface area contributed by atoms with Crippen molar-refractivity contribution in [3.8, 4) is 5.75 Å². The quantitative estimate of drug-likeness (QED) is 0.836. The van der Waals surface area contributed by atoms with Crippen LogP contribution in [0.2, 0.25) is 0 Å². The van der Waals surface area contributed by atoms with Gasteiger partial charge >= 0.3 is 0 Å². The van der Waals surface area contributed by atoms with Gasteiger partial charge in [0.25, 0.3) is 0 Å². The van der Waals surface area contributed by atoms with Gasteiger partial charge in [0.05, 0.1) is 15.3 Å². The number of rotatable bonds is 2.